The van der Waals surface area contributed by atoms with Crippen molar-refractivity contribution in [3.05, 3.63) is 48.1 Å². The van der Waals surface area contributed by atoms with Gasteiger partial charge in [-0.15, -0.1) is 0 Å². The number of carbonyl (C=O) groups is 3. The van der Waals surface area contributed by atoms with Crippen LogP contribution in [0.25, 0.3) is 0 Å². The number of aliphatic hydroxyl groups excluding tert-OH is 2. The van der Waals surface area contributed by atoms with Crippen LogP contribution in [0.5, 0.6) is 11.5 Å². The molecule has 0 aromatic heterocycles. The van der Waals surface area contributed by atoms with Gasteiger partial charge in [0.25, 0.3) is 0 Å². The van der Waals surface area contributed by atoms with E-state index in [1.807, 2.05) is 0 Å². The number of ether oxygens (including phenoxy) is 4. The van der Waals surface area contributed by atoms with Gasteiger partial charge in [-0.1, -0.05) is 13.2 Å². The number of aromatic hydroxyl groups is 1. The normalized spacial score (nSPS) is 12.3. The van der Waals surface area contributed by atoms with Gasteiger partial charge in [0.05, 0.1) is 5.56 Å². The molecule has 1 rings (SSSR count). The lowest BCUT2D eigenvalue weighted by Gasteiger charge is -2.14. The lowest BCUT2D eigenvalue weighted by Crippen LogP contribution is -2.26. The van der Waals surface area contributed by atoms with E-state index in [4.69, 9.17) is 18.9 Å². The Morgan fingerprint density at radius 2 is 1.32 bits per heavy atom. The van der Waals surface area contributed by atoms with Crippen LogP contribution >= 0.6 is 0 Å². The molecule has 1 aromatic carbocycles. The highest BCUT2D eigenvalue weighted by Gasteiger charge is 2.16. The third-order valence-electron chi connectivity index (χ3n) is 3.49. The molecule has 0 spiro atoms. The van der Waals surface area contributed by atoms with E-state index in [9.17, 15) is 29.7 Å². The van der Waals surface area contributed by atoms with E-state index in [1.54, 1.807) is 0 Å². The third-order valence-corrected chi connectivity index (χ3v) is 3.49. The minimum atomic E-state index is -1.25. The summed E-state index contributed by atoms with van der Waals surface area (Å²) in [5, 5.41) is 29.3. The topological polar surface area (TPSA) is 149 Å². The lowest BCUT2D eigenvalue weighted by atomic mass is 10.2. The molecule has 2 atom stereocenters. The molecule has 0 bridgehead atoms. The third kappa shape index (κ3) is 9.79. The van der Waals surface area contributed by atoms with Crippen molar-refractivity contribution < 1.29 is 48.7 Å². The molecule has 3 N–H and O–H groups in total. The van der Waals surface area contributed by atoms with Crippen LogP contribution in [-0.4, -0.2) is 71.9 Å². The van der Waals surface area contributed by atoms with Gasteiger partial charge in [0.15, 0.2) is 0 Å². The predicted octanol–water partition coefficient (Wildman–Crippen LogP) is 0.888. The van der Waals surface area contributed by atoms with Gasteiger partial charge in [0, 0.05) is 17.2 Å². The fourth-order valence-corrected chi connectivity index (χ4v) is 1.92. The van der Waals surface area contributed by atoms with Crippen LogP contribution in [0, 0.1) is 0 Å². The maximum absolute atomic E-state index is 12.1. The van der Waals surface area contributed by atoms with Gasteiger partial charge in [-0.2, -0.15) is 0 Å². The number of hydrogen-bond acceptors (Lipinski definition) is 10. The Balaban J connectivity index is 2.56. The molecule has 0 aliphatic heterocycles. The minimum Gasteiger partial charge on any atom is -0.508 e. The van der Waals surface area contributed by atoms with E-state index in [-0.39, 0.29) is 48.0 Å². The molecule has 0 heterocycles. The number of phenolic OH excluding ortho intramolecular Hbond substituents is 1. The van der Waals surface area contributed by atoms with Crippen LogP contribution in [0.2, 0.25) is 0 Å². The van der Waals surface area contributed by atoms with Crippen molar-refractivity contribution in [2.45, 2.75) is 26.1 Å². The molecule has 10 heteroatoms. The van der Waals surface area contributed by atoms with Gasteiger partial charge in [-0.3, -0.25) is 0 Å². The van der Waals surface area contributed by atoms with Gasteiger partial charge in [-0.25, -0.2) is 14.4 Å². The van der Waals surface area contributed by atoms with Gasteiger partial charge in [-0.05, 0) is 26.0 Å². The summed E-state index contributed by atoms with van der Waals surface area (Å²) >= 11 is 0. The summed E-state index contributed by atoms with van der Waals surface area (Å²) in [4.78, 5) is 34.7. The Morgan fingerprint density at radius 3 is 1.84 bits per heavy atom. The highest BCUT2D eigenvalue weighted by Crippen LogP contribution is 2.22. The smallest absolute Gasteiger partial charge is 0.338 e. The molecule has 2 unspecified atom stereocenters. The molecule has 0 saturated carbocycles. The highest BCUT2D eigenvalue weighted by molar-refractivity contribution is 5.90. The first kappa shape index (κ1) is 25.7. The summed E-state index contributed by atoms with van der Waals surface area (Å²) < 4.78 is 19.8. The molecule has 170 valence electrons. The zero-order valence-electron chi connectivity index (χ0n) is 17.3. The fourth-order valence-electron chi connectivity index (χ4n) is 1.92. The number of rotatable bonds is 12. The summed E-state index contributed by atoms with van der Waals surface area (Å²) in [5.74, 6) is -2.46. The second-order valence-corrected chi connectivity index (χ2v) is 6.69. The van der Waals surface area contributed by atoms with Crippen LogP contribution in [-0.2, 0) is 23.8 Å². The lowest BCUT2D eigenvalue weighted by molar-refractivity contribution is -0.143. The molecular weight excluding hydrogens is 412 g/mol. The second kappa shape index (κ2) is 12.4. The van der Waals surface area contributed by atoms with Crippen molar-refractivity contribution in [2.24, 2.45) is 0 Å². The van der Waals surface area contributed by atoms with Crippen molar-refractivity contribution in [3.63, 3.8) is 0 Å². The quantitative estimate of drug-likeness (QED) is 0.244. The van der Waals surface area contributed by atoms with Gasteiger partial charge in [0.2, 0.25) is 0 Å². The second-order valence-electron chi connectivity index (χ2n) is 6.69. The monoisotopic (exact) mass is 438 g/mol. The fraction of sp³-hybridized carbons (Fsp3) is 0.381. The maximum atomic E-state index is 12.1. The van der Waals surface area contributed by atoms with E-state index < -0.39 is 36.7 Å². The first-order valence-corrected chi connectivity index (χ1v) is 9.15. The molecule has 10 nitrogen and oxygen atoms in total. The van der Waals surface area contributed by atoms with Crippen LogP contribution in [0.4, 0.5) is 0 Å². The molecule has 31 heavy (non-hydrogen) atoms. The van der Waals surface area contributed by atoms with Crippen LogP contribution in [0.3, 0.4) is 0 Å². The van der Waals surface area contributed by atoms with Crippen molar-refractivity contribution in [2.75, 3.05) is 26.4 Å². The van der Waals surface area contributed by atoms with E-state index in [1.165, 1.54) is 26.0 Å². The predicted molar refractivity (Wildman–Crippen MR) is 107 cm³/mol. The van der Waals surface area contributed by atoms with Crippen LogP contribution in [0.1, 0.15) is 24.2 Å². The molecule has 0 aliphatic carbocycles. The molecule has 0 fully saturated rings. The van der Waals surface area contributed by atoms with E-state index in [0.717, 1.165) is 6.07 Å². The summed E-state index contributed by atoms with van der Waals surface area (Å²) in [6, 6.07) is 3.57. The number of benzene rings is 1. The largest absolute Gasteiger partial charge is 0.508 e. The molecular formula is C21H26O10. The first-order chi connectivity index (χ1) is 14.5. The number of esters is 3. The number of hydrogen-bond donors (Lipinski definition) is 3. The van der Waals surface area contributed by atoms with Crippen molar-refractivity contribution in [1.29, 1.82) is 0 Å². The average molecular weight is 438 g/mol. The Hall–Kier alpha value is -3.37. The van der Waals surface area contributed by atoms with Gasteiger partial charge < -0.3 is 34.3 Å². The van der Waals surface area contributed by atoms with Crippen molar-refractivity contribution in [1.82, 2.24) is 0 Å². The molecule has 0 radical (unpaired) electrons. The molecule has 0 saturated heterocycles. The number of carbonyl (C=O) groups excluding carboxylic acids is 3. The Morgan fingerprint density at radius 1 is 0.839 bits per heavy atom. The van der Waals surface area contributed by atoms with Gasteiger partial charge >= 0.3 is 17.9 Å². The average Bonchev–Trinajstić information content (AvgIpc) is 2.71. The first-order valence-electron chi connectivity index (χ1n) is 9.15. The summed E-state index contributed by atoms with van der Waals surface area (Å²) in [7, 11) is 0. The van der Waals surface area contributed by atoms with Crippen LogP contribution < -0.4 is 4.74 Å². The SMILES string of the molecule is C=C(C)C(=O)OCC(O)COC(=O)c1cc(O)cc(OCC(O)COC(=O)C(=C)C)c1. The zero-order chi connectivity index (χ0) is 23.6. The van der Waals surface area contributed by atoms with E-state index in [0.29, 0.717) is 0 Å². The Bertz CT molecular complexity index is 829. The zero-order valence-corrected chi connectivity index (χ0v) is 17.3. The summed E-state index contributed by atoms with van der Waals surface area (Å²) in [6.45, 7) is 8.27. The van der Waals surface area contributed by atoms with Crippen molar-refractivity contribution in [3.8, 4) is 11.5 Å². The van der Waals surface area contributed by atoms with Gasteiger partial charge in [0.1, 0.15) is 50.1 Å². The molecule has 0 amide bonds. The van der Waals surface area contributed by atoms with E-state index in [2.05, 4.69) is 13.2 Å². The maximum Gasteiger partial charge on any atom is 0.338 e. The Labute approximate surface area is 179 Å². The van der Waals surface area contributed by atoms with Crippen LogP contribution in [0.15, 0.2) is 42.5 Å². The van der Waals surface area contributed by atoms with Crippen molar-refractivity contribution >= 4 is 17.9 Å². The minimum absolute atomic E-state index is 0.0492. The highest BCUT2D eigenvalue weighted by atomic mass is 16.6. The number of aliphatic hydroxyl groups is 2. The number of phenols is 1. The standard InChI is InChI=1S/C21H26O10/c1-12(2)19(25)29-9-16(23)8-28-18-6-14(5-15(22)7-18)21(27)31-11-17(24)10-30-20(26)13(3)4/h5-7,16-17,22-24H,1,3,8-11H2,2,4H3. The summed E-state index contributed by atoms with van der Waals surface area (Å²) in [5.41, 5.74) is 0.267. The summed E-state index contributed by atoms with van der Waals surface area (Å²) in [6.07, 6.45) is -2.41. The molecule has 1 aromatic rings. The van der Waals surface area contributed by atoms with E-state index >= 15 is 0 Å². The Kier molecular flexibility index (Phi) is 10.2. The molecule has 0 aliphatic rings.